The lowest BCUT2D eigenvalue weighted by molar-refractivity contribution is -0.123. The van der Waals surface area contributed by atoms with Gasteiger partial charge in [-0.2, -0.15) is 0 Å². The van der Waals surface area contributed by atoms with E-state index in [0.717, 1.165) is 26.1 Å². The zero-order chi connectivity index (χ0) is 19.8. The second-order valence-corrected chi connectivity index (χ2v) is 8.95. The maximum Gasteiger partial charge on any atom is 0.222 e. The summed E-state index contributed by atoms with van der Waals surface area (Å²) in [6.07, 6.45) is 3.99. The van der Waals surface area contributed by atoms with Crippen molar-refractivity contribution in [3.63, 3.8) is 0 Å². The first-order chi connectivity index (χ1) is 14.2. The zero-order valence-electron chi connectivity index (χ0n) is 17.2. The van der Waals surface area contributed by atoms with Crippen molar-refractivity contribution in [2.45, 2.75) is 38.3 Å². The van der Waals surface area contributed by atoms with Crippen molar-refractivity contribution in [2.75, 3.05) is 26.8 Å². The lowest BCUT2D eigenvalue weighted by Crippen LogP contribution is -2.52. The number of amides is 1. The minimum atomic E-state index is 0.139. The summed E-state index contributed by atoms with van der Waals surface area (Å²) < 4.78 is 5.04. The van der Waals surface area contributed by atoms with Crippen LogP contribution in [-0.2, 0) is 22.5 Å². The molecule has 3 atom stereocenters. The van der Waals surface area contributed by atoms with Crippen LogP contribution >= 0.6 is 0 Å². The standard InChI is InChI=1S/C25H30N2O2/c1-29-11-10-24(28)26-25-19-7-8-20(25)16-27(15-19)14-17-6-9-23-21(12-17)13-18-4-2-3-5-22(18)23/h2-6,9,12,19-20,25H,7-8,10-11,13-16H2,1H3,(H,26,28)/t19-,20+,25?. The van der Waals surface area contributed by atoms with E-state index in [2.05, 4.69) is 52.7 Å². The Labute approximate surface area is 173 Å². The number of carbonyl (C=O) groups is 1. The summed E-state index contributed by atoms with van der Waals surface area (Å²) >= 11 is 0. The summed E-state index contributed by atoms with van der Waals surface area (Å²) in [6.45, 7) is 3.69. The number of rotatable bonds is 6. The van der Waals surface area contributed by atoms with E-state index in [9.17, 15) is 4.79 Å². The number of fused-ring (bicyclic) bond motifs is 5. The molecule has 1 unspecified atom stereocenters. The Kier molecular flexibility index (Phi) is 5.15. The quantitative estimate of drug-likeness (QED) is 0.699. The number of nitrogens with one attached hydrogen (secondary N) is 1. The molecule has 152 valence electrons. The van der Waals surface area contributed by atoms with E-state index in [1.807, 2.05) is 0 Å². The SMILES string of the molecule is COCCC(=O)NC1[C@@H]2CC[C@H]1CN(Cc1ccc3c(c1)Cc1ccccc1-3)C2. The lowest BCUT2D eigenvalue weighted by Gasteiger charge is -2.38. The third-order valence-corrected chi connectivity index (χ3v) is 7.03. The number of ether oxygens (including phenoxy) is 1. The third kappa shape index (κ3) is 3.72. The molecule has 4 heteroatoms. The lowest BCUT2D eigenvalue weighted by atomic mass is 9.91. The van der Waals surface area contributed by atoms with Gasteiger partial charge in [-0.3, -0.25) is 9.69 Å². The Morgan fingerprint density at radius 3 is 2.62 bits per heavy atom. The first kappa shape index (κ1) is 18.8. The first-order valence-electron chi connectivity index (χ1n) is 10.9. The number of hydrogen-bond acceptors (Lipinski definition) is 3. The molecule has 5 rings (SSSR count). The van der Waals surface area contributed by atoms with Gasteiger partial charge in [-0.25, -0.2) is 0 Å². The molecule has 3 aliphatic rings. The van der Waals surface area contributed by atoms with Gasteiger partial charge in [-0.05, 0) is 58.9 Å². The zero-order valence-corrected chi connectivity index (χ0v) is 17.2. The number of likely N-dealkylation sites (tertiary alicyclic amines) is 1. The molecule has 2 fully saturated rings. The second-order valence-electron chi connectivity index (χ2n) is 8.95. The molecule has 1 aliphatic heterocycles. The fourth-order valence-corrected chi connectivity index (χ4v) is 5.69. The van der Waals surface area contributed by atoms with Gasteiger partial charge in [0.15, 0.2) is 0 Å². The largest absolute Gasteiger partial charge is 0.384 e. The fraction of sp³-hybridized carbons (Fsp3) is 0.480. The maximum absolute atomic E-state index is 12.2. The molecule has 4 nitrogen and oxygen atoms in total. The Balaban J connectivity index is 1.22. The van der Waals surface area contributed by atoms with Crippen LogP contribution in [0.3, 0.4) is 0 Å². The summed E-state index contributed by atoms with van der Waals surface area (Å²) in [6, 6.07) is 16.1. The van der Waals surface area contributed by atoms with Crippen molar-refractivity contribution in [1.29, 1.82) is 0 Å². The number of benzene rings is 2. The average molecular weight is 391 g/mol. The van der Waals surface area contributed by atoms with E-state index in [1.54, 1.807) is 7.11 Å². The van der Waals surface area contributed by atoms with Crippen molar-refractivity contribution in [3.8, 4) is 11.1 Å². The molecule has 1 N–H and O–H groups in total. The highest BCUT2D eigenvalue weighted by Gasteiger charge is 2.42. The molecule has 1 saturated carbocycles. The van der Waals surface area contributed by atoms with Crippen molar-refractivity contribution in [3.05, 3.63) is 59.2 Å². The van der Waals surface area contributed by atoms with Crippen LogP contribution in [0.15, 0.2) is 42.5 Å². The van der Waals surface area contributed by atoms with Gasteiger partial charge >= 0.3 is 0 Å². The van der Waals surface area contributed by atoms with Crippen LogP contribution in [0.25, 0.3) is 11.1 Å². The van der Waals surface area contributed by atoms with Crippen molar-refractivity contribution in [1.82, 2.24) is 10.2 Å². The predicted molar refractivity (Wildman–Crippen MR) is 115 cm³/mol. The van der Waals surface area contributed by atoms with Crippen molar-refractivity contribution in [2.24, 2.45) is 11.8 Å². The van der Waals surface area contributed by atoms with Crippen LogP contribution in [0.1, 0.15) is 36.0 Å². The van der Waals surface area contributed by atoms with Gasteiger partial charge in [-0.1, -0.05) is 42.5 Å². The number of piperidine rings is 1. The molecule has 0 aromatic heterocycles. The van der Waals surface area contributed by atoms with Crippen molar-refractivity contribution < 1.29 is 9.53 Å². The summed E-state index contributed by atoms with van der Waals surface area (Å²) in [7, 11) is 1.65. The first-order valence-corrected chi connectivity index (χ1v) is 10.9. The molecule has 1 heterocycles. The molecule has 1 saturated heterocycles. The van der Waals surface area contributed by atoms with E-state index >= 15 is 0 Å². The van der Waals surface area contributed by atoms with Crippen LogP contribution in [0.4, 0.5) is 0 Å². The van der Waals surface area contributed by atoms with Gasteiger partial charge in [-0.15, -0.1) is 0 Å². The molecule has 1 amide bonds. The molecular weight excluding hydrogens is 360 g/mol. The van der Waals surface area contributed by atoms with E-state index in [0.29, 0.717) is 30.9 Å². The van der Waals surface area contributed by atoms with Gasteiger partial charge in [0, 0.05) is 39.2 Å². The van der Waals surface area contributed by atoms with E-state index in [4.69, 9.17) is 4.74 Å². The van der Waals surface area contributed by atoms with Gasteiger partial charge < -0.3 is 10.1 Å². The second kappa shape index (κ2) is 7.92. The number of nitrogens with zero attached hydrogens (tertiary/aromatic N) is 1. The highest BCUT2D eigenvalue weighted by molar-refractivity contribution is 5.77. The average Bonchev–Trinajstić information content (AvgIpc) is 3.19. The highest BCUT2D eigenvalue weighted by Crippen LogP contribution is 2.39. The minimum Gasteiger partial charge on any atom is -0.384 e. The van der Waals surface area contributed by atoms with Crippen LogP contribution in [0.2, 0.25) is 0 Å². The maximum atomic E-state index is 12.2. The van der Waals surface area contributed by atoms with E-state index in [-0.39, 0.29) is 5.91 Å². The highest BCUT2D eigenvalue weighted by atomic mass is 16.5. The molecule has 0 radical (unpaired) electrons. The van der Waals surface area contributed by atoms with Crippen LogP contribution in [0.5, 0.6) is 0 Å². The topological polar surface area (TPSA) is 41.6 Å². The molecular formula is C25H30N2O2. The number of methoxy groups -OCH3 is 1. The molecule has 2 aromatic rings. The molecule has 0 spiro atoms. The predicted octanol–water partition coefficient (Wildman–Crippen LogP) is 3.62. The van der Waals surface area contributed by atoms with Gasteiger partial charge in [0.25, 0.3) is 0 Å². The summed E-state index contributed by atoms with van der Waals surface area (Å²) in [5, 5.41) is 3.30. The molecule has 29 heavy (non-hydrogen) atoms. The van der Waals surface area contributed by atoms with E-state index in [1.165, 1.54) is 40.7 Å². The van der Waals surface area contributed by atoms with Crippen molar-refractivity contribution >= 4 is 5.91 Å². The Morgan fingerprint density at radius 2 is 1.83 bits per heavy atom. The van der Waals surface area contributed by atoms with Gasteiger partial charge in [0.2, 0.25) is 5.91 Å². The van der Waals surface area contributed by atoms with E-state index < -0.39 is 0 Å². The summed E-state index contributed by atoms with van der Waals surface area (Å²) in [4.78, 5) is 14.8. The Hall–Kier alpha value is -2.17. The Morgan fingerprint density at radius 1 is 1.07 bits per heavy atom. The number of carbonyl (C=O) groups excluding carboxylic acids is 1. The van der Waals surface area contributed by atoms with Crippen LogP contribution in [-0.4, -0.2) is 43.7 Å². The molecule has 2 bridgehead atoms. The normalized spacial score (nSPS) is 24.9. The minimum absolute atomic E-state index is 0.139. The summed E-state index contributed by atoms with van der Waals surface area (Å²) in [5.74, 6) is 1.30. The van der Waals surface area contributed by atoms with Gasteiger partial charge in [0.05, 0.1) is 6.61 Å². The van der Waals surface area contributed by atoms with Crippen LogP contribution in [0, 0.1) is 11.8 Å². The Bertz CT molecular complexity index is 895. The number of hydrogen-bond donors (Lipinski definition) is 1. The molecule has 2 aliphatic carbocycles. The monoisotopic (exact) mass is 390 g/mol. The molecule has 2 aromatic carbocycles. The third-order valence-electron chi connectivity index (χ3n) is 7.03. The van der Waals surface area contributed by atoms with Gasteiger partial charge in [0.1, 0.15) is 0 Å². The smallest absolute Gasteiger partial charge is 0.222 e. The summed E-state index contributed by atoms with van der Waals surface area (Å²) in [5.41, 5.74) is 7.13. The van der Waals surface area contributed by atoms with Crippen LogP contribution < -0.4 is 5.32 Å². The fourth-order valence-electron chi connectivity index (χ4n) is 5.69.